The van der Waals surface area contributed by atoms with Gasteiger partial charge in [0.1, 0.15) is 5.75 Å². The van der Waals surface area contributed by atoms with Crippen molar-refractivity contribution >= 4 is 11.8 Å². The summed E-state index contributed by atoms with van der Waals surface area (Å²) in [5, 5.41) is 15.6. The van der Waals surface area contributed by atoms with E-state index in [2.05, 4.69) is 24.3 Å². The Kier molecular flexibility index (Phi) is 7.13. The molecule has 1 saturated heterocycles. The lowest BCUT2D eigenvalue weighted by Gasteiger charge is -2.48. The zero-order valence-corrected chi connectivity index (χ0v) is 21.7. The molecule has 0 bridgehead atoms. The van der Waals surface area contributed by atoms with Crippen LogP contribution in [0.1, 0.15) is 60.6 Å². The van der Waals surface area contributed by atoms with Crippen LogP contribution < -0.4 is 15.0 Å². The number of nitrogens with one attached hydrogen (secondary N) is 1. The van der Waals surface area contributed by atoms with Crippen molar-refractivity contribution < 1.29 is 27.9 Å². The summed E-state index contributed by atoms with van der Waals surface area (Å²) < 4.78 is 42.9. The molecule has 0 aliphatic carbocycles. The lowest BCUT2D eigenvalue weighted by atomic mass is 9.79. The molecule has 5 rings (SSSR count). The van der Waals surface area contributed by atoms with Crippen LogP contribution in [-0.4, -0.2) is 53.9 Å². The highest BCUT2D eigenvalue weighted by atomic mass is 19.3. The van der Waals surface area contributed by atoms with Crippen molar-refractivity contribution in [1.29, 1.82) is 0 Å². The minimum absolute atomic E-state index is 0.133. The number of halogens is 2. The van der Waals surface area contributed by atoms with E-state index in [4.69, 9.17) is 14.4 Å². The van der Waals surface area contributed by atoms with Gasteiger partial charge in [0.25, 0.3) is 11.8 Å². The molecule has 1 spiro atoms. The molecule has 1 aromatic heterocycles. The molecule has 202 valence electrons. The number of fused-ring (bicyclic) bond motifs is 1. The summed E-state index contributed by atoms with van der Waals surface area (Å²) in [6.07, 6.45) is 0.920. The molecule has 1 unspecified atom stereocenters. The molecule has 0 saturated carbocycles. The first-order chi connectivity index (χ1) is 18.2. The molecule has 1 atom stereocenters. The lowest BCUT2D eigenvalue weighted by molar-refractivity contribution is -0.185. The fourth-order valence-electron chi connectivity index (χ4n) is 5.19. The van der Waals surface area contributed by atoms with Crippen LogP contribution in [0, 0.1) is 0 Å². The molecule has 2 aromatic carbocycles. The maximum absolute atomic E-state index is 15.6. The van der Waals surface area contributed by atoms with Crippen LogP contribution in [0.2, 0.25) is 0 Å². The van der Waals surface area contributed by atoms with Gasteiger partial charge in [0.05, 0.1) is 12.3 Å². The molecule has 2 N–H and O–H groups in total. The number of rotatable bonds is 7. The van der Waals surface area contributed by atoms with E-state index in [1.807, 2.05) is 17.0 Å². The fraction of sp³-hybridized carbons (Fsp3) is 0.448. The van der Waals surface area contributed by atoms with Crippen molar-refractivity contribution in [1.82, 2.24) is 10.5 Å². The molecule has 2 aliphatic rings. The second kappa shape index (κ2) is 10.4. The Balaban J connectivity index is 1.30. The highest BCUT2D eigenvalue weighted by Gasteiger charge is 2.59. The summed E-state index contributed by atoms with van der Waals surface area (Å²) in [7, 11) is 0. The van der Waals surface area contributed by atoms with E-state index < -0.39 is 17.9 Å². The summed E-state index contributed by atoms with van der Waals surface area (Å²) in [5.74, 6) is -1.91. The van der Waals surface area contributed by atoms with Crippen LogP contribution in [0.3, 0.4) is 0 Å². The Hall–Kier alpha value is -3.46. The van der Waals surface area contributed by atoms with E-state index in [1.165, 1.54) is 0 Å². The van der Waals surface area contributed by atoms with Gasteiger partial charge in [0, 0.05) is 62.0 Å². The number of benzene rings is 2. The summed E-state index contributed by atoms with van der Waals surface area (Å²) in [5.41, 5.74) is 1.85. The van der Waals surface area contributed by atoms with Crippen molar-refractivity contribution in [3.63, 3.8) is 0 Å². The first-order valence-electron chi connectivity index (χ1n) is 13.2. The molecule has 1 fully saturated rings. The number of aliphatic hydroxyl groups excluding tert-OH is 1. The first-order valence-corrected chi connectivity index (χ1v) is 13.2. The summed E-state index contributed by atoms with van der Waals surface area (Å²) in [6, 6.07) is 14.2. The van der Waals surface area contributed by atoms with Crippen molar-refractivity contribution in [2.75, 3.05) is 31.1 Å². The number of hydrogen-bond acceptors (Lipinski definition) is 6. The smallest absolute Gasteiger partial charge is 0.291 e. The van der Waals surface area contributed by atoms with Crippen LogP contribution in [0.25, 0.3) is 11.1 Å². The third-order valence-corrected chi connectivity index (χ3v) is 7.84. The minimum atomic E-state index is -3.03. The minimum Gasteiger partial charge on any atom is -0.481 e. The van der Waals surface area contributed by atoms with Gasteiger partial charge in [-0.2, -0.15) is 0 Å². The van der Waals surface area contributed by atoms with Gasteiger partial charge < -0.3 is 24.6 Å². The van der Waals surface area contributed by atoms with Crippen LogP contribution in [-0.2, 0) is 6.42 Å². The standard InChI is InChI=1S/C29H33F2N3O4/c1-3-19(2)24-17-26(38-33-24)34-13-10-28(11-14-34)29(30,31)18-23-16-22(8-9-25(23)37-28)20-4-6-21(7-5-20)27(36)32-12-15-35/h4-9,16-17,19,35H,3,10-15,18H2,1-2H3,(H,32,36). The predicted octanol–water partition coefficient (Wildman–Crippen LogP) is 5.19. The van der Waals surface area contributed by atoms with E-state index >= 15 is 8.78 Å². The summed E-state index contributed by atoms with van der Waals surface area (Å²) in [4.78, 5) is 14.0. The average Bonchev–Trinajstić information content (AvgIpc) is 3.42. The highest BCUT2D eigenvalue weighted by molar-refractivity contribution is 5.94. The number of ether oxygens (including phenoxy) is 1. The van der Waals surface area contributed by atoms with Gasteiger partial charge in [0.15, 0.2) is 5.60 Å². The number of carbonyl (C=O) groups excluding carboxylic acids is 1. The van der Waals surface area contributed by atoms with Gasteiger partial charge in [-0.3, -0.25) is 4.79 Å². The molecule has 38 heavy (non-hydrogen) atoms. The average molecular weight is 526 g/mol. The van der Waals surface area contributed by atoms with E-state index in [-0.39, 0.29) is 37.8 Å². The molecule has 1 amide bonds. The van der Waals surface area contributed by atoms with Crippen molar-refractivity contribution in [2.24, 2.45) is 0 Å². The number of hydrogen-bond donors (Lipinski definition) is 2. The predicted molar refractivity (Wildman–Crippen MR) is 140 cm³/mol. The number of amides is 1. The molecule has 2 aliphatic heterocycles. The van der Waals surface area contributed by atoms with E-state index in [1.54, 1.807) is 36.4 Å². The van der Waals surface area contributed by atoms with Gasteiger partial charge in [-0.15, -0.1) is 0 Å². The van der Waals surface area contributed by atoms with Gasteiger partial charge >= 0.3 is 0 Å². The number of nitrogens with zero attached hydrogens (tertiary/aromatic N) is 2. The molecule has 3 heterocycles. The summed E-state index contributed by atoms with van der Waals surface area (Å²) >= 11 is 0. The van der Waals surface area contributed by atoms with Gasteiger partial charge in [-0.1, -0.05) is 37.2 Å². The third-order valence-electron chi connectivity index (χ3n) is 7.84. The number of piperidine rings is 1. The van der Waals surface area contributed by atoms with Crippen molar-refractivity contribution in [3.8, 4) is 16.9 Å². The van der Waals surface area contributed by atoms with E-state index in [0.29, 0.717) is 35.9 Å². The number of aliphatic hydroxyl groups is 1. The van der Waals surface area contributed by atoms with Crippen LogP contribution in [0.5, 0.6) is 5.75 Å². The second-order valence-corrected chi connectivity index (χ2v) is 10.2. The van der Waals surface area contributed by atoms with Crippen LogP contribution >= 0.6 is 0 Å². The second-order valence-electron chi connectivity index (χ2n) is 10.2. The Morgan fingerprint density at radius 3 is 2.53 bits per heavy atom. The number of alkyl halides is 2. The molecule has 0 radical (unpaired) electrons. The fourth-order valence-corrected chi connectivity index (χ4v) is 5.19. The zero-order chi connectivity index (χ0) is 26.9. The van der Waals surface area contributed by atoms with Gasteiger partial charge in [-0.05, 0) is 41.8 Å². The third kappa shape index (κ3) is 4.87. The highest BCUT2D eigenvalue weighted by Crippen LogP contribution is 2.49. The largest absolute Gasteiger partial charge is 0.481 e. The van der Waals surface area contributed by atoms with E-state index in [9.17, 15) is 4.79 Å². The summed E-state index contributed by atoms with van der Waals surface area (Å²) in [6.45, 7) is 5.02. The van der Waals surface area contributed by atoms with Crippen LogP contribution in [0.4, 0.5) is 14.7 Å². The Morgan fingerprint density at radius 1 is 1.13 bits per heavy atom. The molecular weight excluding hydrogens is 492 g/mol. The van der Waals surface area contributed by atoms with Crippen molar-refractivity contribution in [3.05, 3.63) is 65.4 Å². The Morgan fingerprint density at radius 2 is 1.84 bits per heavy atom. The molecule has 3 aromatic rings. The molecule has 9 heteroatoms. The normalized spacial score (nSPS) is 18.5. The van der Waals surface area contributed by atoms with E-state index in [0.717, 1.165) is 23.2 Å². The number of anilines is 1. The van der Waals surface area contributed by atoms with Crippen LogP contribution in [0.15, 0.2) is 53.1 Å². The zero-order valence-electron chi connectivity index (χ0n) is 21.7. The number of aromatic nitrogens is 1. The topological polar surface area (TPSA) is 87.8 Å². The maximum atomic E-state index is 15.6. The molecular formula is C29H33F2N3O4. The SMILES string of the molecule is CCC(C)c1cc(N2CCC3(CC2)Oc2ccc(-c4ccc(C(=O)NCCO)cc4)cc2CC3(F)F)on1. The number of carbonyl (C=O) groups is 1. The maximum Gasteiger partial charge on any atom is 0.291 e. The van der Waals surface area contributed by atoms with Gasteiger partial charge in [0.2, 0.25) is 5.88 Å². The monoisotopic (exact) mass is 525 g/mol. The quantitative estimate of drug-likeness (QED) is 0.442. The first kappa shape index (κ1) is 26.2. The Bertz CT molecular complexity index is 1280. The van der Waals surface area contributed by atoms with Crippen molar-refractivity contribution in [2.45, 2.75) is 57.0 Å². The Labute approximate surface area is 220 Å². The lowest BCUT2D eigenvalue weighted by Crippen LogP contribution is -2.61. The molecule has 7 nitrogen and oxygen atoms in total. The van der Waals surface area contributed by atoms with Gasteiger partial charge in [-0.25, -0.2) is 8.78 Å².